The maximum Gasteiger partial charge on any atom is 0.301 e. The summed E-state index contributed by atoms with van der Waals surface area (Å²) in [5.41, 5.74) is -0.199. The molecule has 0 unspecified atom stereocenters. The van der Waals surface area contributed by atoms with Crippen LogP contribution in [0.3, 0.4) is 0 Å². The quantitative estimate of drug-likeness (QED) is 0.613. The number of rotatable bonds is 6. The van der Waals surface area contributed by atoms with Crippen molar-refractivity contribution >= 4 is 32.7 Å². The predicted molar refractivity (Wildman–Crippen MR) is 101 cm³/mol. The minimum Gasteiger partial charge on any atom is -0.345 e. The van der Waals surface area contributed by atoms with Crippen LogP contribution < -0.4 is 4.72 Å². The van der Waals surface area contributed by atoms with Crippen LogP contribution in [0.1, 0.15) is 28.4 Å². The number of carbonyl (C=O) groups is 1. The lowest BCUT2D eigenvalue weighted by molar-refractivity contribution is 0.103. The maximum atomic E-state index is 14.9. The van der Waals surface area contributed by atoms with E-state index >= 15 is 0 Å². The number of hydrogen-bond acceptors (Lipinski definition) is 4. The summed E-state index contributed by atoms with van der Waals surface area (Å²) in [6, 6.07) is 3.45. The second kappa shape index (κ2) is 7.28. The van der Waals surface area contributed by atoms with Gasteiger partial charge in [-0.25, -0.2) is 13.8 Å². The van der Waals surface area contributed by atoms with Crippen molar-refractivity contribution in [3.8, 4) is 0 Å². The molecule has 0 bridgehead atoms. The molecule has 28 heavy (non-hydrogen) atoms. The summed E-state index contributed by atoms with van der Waals surface area (Å²) < 4.78 is 56.6. The van der Waals surface area contributed by atoms with Crippen molar-refractivity contribution in [2.45, 2.75) is 13.8 Å². The number of carbonyl (C=O) groups excluding carboxylic acids is 1. The molecule has 2 heterocycles. The number of H-pyrrole nitrogens is 1. The Morgan fingerprint density at radius 1 is 1.29 bits per heavy atom. The van der Waals surface area contributed by atoms with Gasteiger partial charge in [-0.3, -0.25) is 9.52 Å². The molecule has 2 aromatic heterocycles. The molecule has 0 saturated heterocycles. The van der Waals surface area contributed by atoms with Gasteiger partial charge in [0, 0.05) is 31.4 Å². The van der Waals surface area contributed by atoms with E-state index in [2.05, 4.69) is 9.97 Å². The van der Waals surface area contributed by atoms with Crippen LogP contribution in [-0.2, 0) is 10.2 Å². The number of benzene rings is 1. The number of nitrogens with one attached hydrogen (secondary N) is 2. The molecule has 148 valence electrons. The van der Waals surface area contributed by atoms with E-state index < -0.39 is 38.9 Å². The predicted octanol–water partition coefficient (Wildman–Crippen LogP) is 2.99. The molecule has 0 aliphatic rings. The molecule has 1 aromatic carbocycles. The van der Waals surface area contributed by atoms with Crippen molar-refractivity contribution in [1.82, 2.24) is 14.3 Å². The molecule has 2 N–H and O–H groups in total. The fourth-order valence-electron chi connectivity index (χ4n) is 2.76. The third-order valence-electron chi connectivity index (χ3n) is 4.44. The van der Waals surface area contributed by atoms with Gasteiger partial charge in [0.2, 0.25) is 5.78 Å². The minimum atomic E-state index is -4.04. The second-order valence-electron chi connectivity index (χ2n) is 6.19. The zero-order valence-electron chi connectivity index (χ0n) is 15.4. The average molecular weight is 408 g/mol. The zero-order valence-corrected chi connectivity index (χ0v) is 16.2. The van der Waals surface area contributed by atoms with Gasteiger partial charge in [0.15, 0.2) is 5.82 Å². The zero-order chi connectivity index (χ0) is 20.6. The van der Waals surface area contributed by atoms with Gasteiger partial charge in [0.1, 0.15) is 11.5 Å². The third-order valence-corrected chi connectivity index (χ3v) is 6.00. The molecular formula is C18H18F2N4O3S. The molecule has 0 fully saturated rings. The molecular weight excluding hydrogens is 390 g/mol. The number of anilines is 1. The lowest BCUT2D eigenvalue weighted by atomic mass is 10.00. The number of ketones is 1. The van der Waals surface area contributed by atoms with Crippen LogP contribution in [0.25, 0.3) is 11.0 Å². The largest absolute Gasteiger partial charge is 0.345 e. The summed E-state index contributed by atoms with van der Waals surface area (Å²) in [7, 11) is -2.74. The van der Waals surface area contributed by atoms with Crippen molar-refractivity contribution in [2.24, 2.45) is 0 Å². The van der Waals surface area contributed by atoms with Crippen LogP contribution >= 0.6 is 0 Å². The fourth-order valence-corrected chi connectivity index (χ4v) is 3.69. The first-order valence-electron chi connectivity index (χ1n) is 8.36. The number of aromatic amines is 1. The van der Waals surface area contributed by atoms with Crippen LogP contribution in [0.15, 0.2) is 30.6 Å². The van der Waals surface area contributed by atoms with Gasteiger partial charge in [0.05, 0.1) is 16.8 Å². The topological polar surface area (TPSA) is 95.2 Å². The Hall–Kier alpha value is -2.85. The van der Waals surface area contributed by atoms with Crippen LogP contribution in [0.5, 0.6) is 0 Å². The molecule has 0 spiro atoms. The van der Waals surface area contributed by atoms with Gasteiger partial charge in [-0.15, -0.1) is 0 Å². The van der Waals surface area contributed by atoms with Gasteiger partial charge < -0.3 is 4.98 Å². The Labute approximate surface area is 160 Å². The van der Waals surface area contributed by atoms with Crippen molar-refractivity contribution in [1.29, 1.82) is 0 Å². The molecule has 0 radical (unpaired) electrons. The first-order chi connectivity index (χ1) is 13.2. The average Bonchev–Trinajstić information content (AvgIpc) is 3.09. The SMILES string of the molecule is CCN(C)S(=O)(=O)Nc1ccc(F)c(C(=O)c2c[nH]c3nccc(C)c23)c1F. The third kappa shape index (κ3) is 3.36. The van der Waals surface area contributed by atoms with Crippen LogP contribution in [-0.4, -0.2) is 42.1 Å². The van der Waals surface area contributed by atoms with E-state index in [9.17, 15) is 22.0 Å². The second-order valence-corrected chi connectivity index (χ2v) is 7.97. The normalized spacial score (nSPS) is 11.9. The number of fused-ring (bicyclic) bond motifs is 1. The van der Waals surface area contributed by atoms with E-state index in [0.717, 1.165) is 16.4 Å². The van der Waals surface area contributed by atoms with E-state index in [0.29, 0.717) is 16.6 Å². The highest BCUT2D eigenvalue weighted by Crippen LogP contribution is 2.28. The first kappa shape index (κ1) is 19.9. The number of aromatic nitrogens is 2. The molecule has 0 amide bonds. The Balaban J connectivity index is 2.11. The lowest BCUT2D eigenvalue weighted by Crippen LogP contribution is -2.32. The van der Waals surface area contributed by atoms with Crippen molar-refractivity contribution in [3.05, 3.63) is 58.9 Å². The molecule has 0 aliphatic heterocycles. The molecule has 0 atom stereocenters. The van der Waals surface area contributed by atoms with Crippen LogP contribution in [0.4, 0.5) is 14.5 Å². The molecule has 10 heteroatoms. The van der Waals surface area contributed by atoms with E-state index in [1.165, 1.54) is 13.2 Å². The molecule has 3 rings (SSSR count). The smallest absolute Gasteiger partial charge is 0.301 e. The number of aryl methyl sites for hydroxylation is 1. The summed E-state index contributed by atoms with van der Waals surface area (Å²) in [5, 5.41) is 0.447. The van der Waals surface area contributed by atoms with Crippen molar-refractivity contribution in [3.63, 3.8) is 0 Å². The Morgan fingerprint density at radius 3 is 2.68 bits per heavy atom. The molecule has 7 nitrogen and oxygen atoms in total. The summed E-state index contributed by atoms with van der Waals surface area (Å²) in [4.78, 5) is 19.8. The van der Waals surface area contributed by atoms with E-state index in [4.69, 9.17) is 0 Å². The summed E-state index contributed by atoms with van der Waals surface area (Å²) in [6.07, 6.45) is 2.87. The highest BCUT2D eigenvalue weighted by molar-refractivity contribution is 7.90. The van der Waals surface area contributed by atoms with Crippen LogP contribution in [0, 0.1) is 18.6 Å². The number of pyridine rings is 1. The Kier molecular flexibility index (Phi) is 5.18. The highest BCUT2D eigenvalue weighted by Gasteiger charge is 2.27. The van der Waals surface area contributed by atoms with E-state index in [1.54, 1.807) is 26.1 Å². The summed E-state index contributed by atoms with van der Waals surface area (Å²) in [5.74, 6) is -3.29. The number of nitrogens with zero attached hydrogens (tertiary/aromatic N) is 2. The van der Waals surface area contributed by atoms with E-state index in [-0.39, 0.29) is 12.1 Å². The Bertz CT molecular complexity index is 1180. The van der Waals surface area contributed by atoms with Gasteiger partial charge in [-0.2, -0.15) is 12.7 Å². The van der Waals surface area contributed by atoms with Gasteiger partial charge in [-0.1, -0.05) is 6.92 Å². The van der Waals surface area contributed by atoms with E-state index in [1.807, 2.05) is 4.72 Å². The molecule has 3 aromatic rings. The minimum absolute atomic E-state index is 0.0454. The molecule has 0 aliphatic carbocycles. The standard InChI is InChI=1S/C18H18F2N4O3S/c1-4-24(3)28(26,27)23-13-6-5-12(19)15(16(13)20)17(25)11-9-22-18-14(11)10(2)7-8-21-18/h5-9,23H,4H2,1-3H3,(H,21,22). The monoisotopic (exact) mass is 408 g/mol. The van der Waals surface area contributed by atoms with Crippen molar-refractivity contribution < 1.29 is 22.0 Å². The molecule has 0 saturated carbocycles. The highest BCUT2D eigenvalue weighted by atomic mass is 32.2. The fraction of sp³-hybridized carbons (Fsp3) is 0.222. The summed E-state index contributed by atoms with van der Waals surface area (Å²) in [6.45, 7) is 3.49. The summed E-state index contributed by atoms with van der Waals surface area (Å²) >= 11 is 0. The van der Waals surface area contributed by atoms with Gasteiger partial charge in [0.25, 0.3) is 0 Å². The van der Waals surface area contributed by atoms with Crippen molar-refractivity contribution in [2.75, 3.05) is 18.3 Å². The van der Waals surface area contributed by atoms with Gasteiger partial charge in [-0.05, 0) is 30.7 Å². The Morgan fingerprint density at radius 2 is 2.00 bits per heavy atom. The van der Waals surface area contributed by atoms with Gasteiger partial charge >= 0.3 is 10.2 Å². The lowest BCUT2D eigenvalue weighted by Gasteiger charge is -2.17. The van der Waals surface area contributed by atoms with Crippen LogP contribution in [0.2, 0.25) is 0 Å². The first-order valence-corrected chi connectivity index (χ1v) is 9.80. The number of hydrogen-bond donors (Lipinski definition) is 2. The maximum absolute atomic E-state index is 14.9. The number of halogens is 2.